The molecule has 0 aromatic rings. The predicted octanol–water partition coefficient (Wildman–Crippen LogP) is 3.12. The maximum absolute atomic E-state index is 11.6. The van der Waals surface area contributed by atoms with Gasteiger partial charge in [-0.2, -0.15) is 0 Å². The molecular formula is C14H25NO. The van der Waals surface area contributed by atoms with Gasteiger partial charge in [0.05, 0.1) is 0 Å². The van der Waals surface area contributed by atoms with Gasteiger partial charge in [-0.25, -0.2) is 0 Å². The molecule has 0 aromatic carbocycles. The summed E-state index contributed by atoms with van der Waals surface area (Å²) in [6, 6.07) is 0. The summed E-state index contributed by atoms with van der Waals surface area (Å²) in [5.41, 5.74) is 0. The Bertz CT molecular complexity index is 233. The Kier molecular flexibility index (Phi) is 4.25. The van der Waals surface area contributed by atoms with Gasteiger partial charge in [0.1, 0.15) is 0 Å². The van der Waals surface area contributed by atoms with Crippen LogP contribution >= 0.6 is 0 Å². The van der Waals surface area contributed by atoms with Crippen molar-refractivity contribution in [2.75, 3.05) is 6.54 Å². The fraction of sp³-hybridized carbons (Fsp3) is 0.929. The fourth-order valence-corrected chi connectivity index (χ4v) is 2.90. The van der Waals surface area contributed by atoms with Gasteiger partial charge in [-0.1, -0.05) is 39.0 Å². The van der Waals surface area contributed by atoms with Crippen LogP contribution in [0.4, 0.5) is 0 Å². The van der Waals surface area contributed by atoms with Crippen LogP contribution in [0.2, 0.25) is 0 Å². The van der Waals surface area contributed by atoms with E-state index in [4.69, 9.17) is 0 Å². The van der Waals surface area contributed by atoms with E-state index in [9.17, 15) is 4.79 Å². The van der Waals surface area contributed by atoms with E-state index >= 15 is 0 Å². The van der Waals surface area contributed by atoms with Crippen molar-refractivity contribution in [1.29, 1.82) is 0 Å². The smallest absolute Gasteiger partial charge is 0.223 e. The molecule has 0 unspecified atom stereocenters. The molecule has 0 heterocycles. The van der Waals surface area contributed by atoms with Crippen LogP contribution in [-0.2, 0) is 4.79 Å². The largest absolute Gasteiger partial charge is 0.356 e. The topological polar surface area (TPSA) is 29.1 Å². The summed E-state index contributed by atoms with van der Waals surface area (Å²) in [6.07, 6.45) is 10.7. The molecule has 0 radical (unpaired) electrons. The minimum atomic E-state index is 0.302. The van der Waals surface area contributed by atoms with Gasteiger partial charge >= 0.3 is 0 Å². The molecule has 0 spiro atoms. The van der Waals surface area contributed by atoms with Crippen molar-refractivity contribution in [3.8, 4) is 0 Å². The number of carbonyl (C=O) groups excluding carboxylic acids is 1. The molecule has 2 aliphatic carbocycles. The lowest BCUT2D eigenvalue weighted by Gasteiger charge is -2.21. The minimum absolute atomic E-state index is 0.302. The van der Waals surface area contributed by atoms with Crippen molar-refractivity contribution in [1.82, 2.24) is 5.32 Å². The fourth-order valence-electron chi connectivity index (χ4n) is 2.90. The Morgan fingerprint density at radius 1 is 1.25 bits per heavy atom. The summed E-state index contributed by atoms with van der Waals surface area (Å²) in [7, 11) is 0. The zero-order valence-electron chi connectivity index (χ0n) is 10.5. The van der Waals surface area contributed by atoms with E-state index in [1.807, 2.05) is 0 Å². The van der Waals surface area contributed by atoms with E-state index in [2.05, 4.69) is 12.2 Å². The van der Waals surface area contributed by atoms with Crippen LogP contribution in [0.15, 0.2) is 0 Å². The van der Waals surface area contributed by atoms with Gasteiger partial charge < -0.3 is 5.32 Å². The van der Waals surface area contributed by atoms with Crippen LogP contribution in [0.3, 0.4) is 0 Å². The molecule has 0 aromatic heterocycles. The molecule has 2 heteroatoms. The highest BCUT2D eigenvalue weighted by Gasteiger charge is 2.38. The second kappa shape index (κ2) is 5.70. The van der Waals surface area contributed by atoms with Crippen LogP contribution in [0.1, 0.15) is 58.3 Å². The number of rotatable bonds is 5. The van der Waals surface area contributed by atoms with Crippen LogP contribution in [0.25, 0.3) is 0 Å². The first-order valence-electron chi connectivity index (χ1n) is 7.05. The first-order chi connectivity index (χ1) is 7.77. The lowest BCUT2D eigenvalue weighted by Crippen LogP contribution is -2.26. The average molecular weight is 223 g/mol. The summed E-state index contributed by atoms with van der Waals surface area (Å²) >= 11 is 0. The number of amides is 1. The first kappa shape index (κ1) is 11.9. The summed E-state index contributed by atoms with van der Waals surface area (Å²) in [5.74, 6) is 2.23. The standard InChI is InChI=1S/C14H25NO/c1-11-10-13(11)14(16)15-9-5-8-12-6-3-2-4-7-12/h11-13H,2-10H2,1H3,(H,15,16)/t11-,13+/m0/s1. The third-order valence-electron chi connectivity index (χ3n) is 4.26. The Morgan fingerprint density at radius 2 is 1.94 bits per heavy atom. The first-order valence-corrected chi connectivity index (χ1v) is 7.05. The third-order valence-corrected chi connectivity index (χ3v) is 4.26. The van der Waals surface area contributed by atoms with E-state index < -0.39 is 0 Å². The molecule has 0 bridgehead atoms. The zero-order valence-corrected chi connectivity index (χ0v) is 10.5. The minimum Gasteiger partial charge on any atom is -0.356 e. The molecule has 1 amide bonds. The van der Waals surface area contributed by atoms with E-state index in [1.54, 1.807) is 0 Å². The number of hydrogen-bond acceptors (Lipinski definition) is 1. The monoisotopic (exact) mass is 223 g/mol. The summed E-state index contributed by atoms with van der Waals surface area (Å²) in [6.45, 7) is 3.06. The highest BCUT2D eigenvalue weighted by molar-refractivity contribution is 5.81. The number of hydrogen-bond donors (Lipinski definition) is 1. The Morgan fingerprint density at radius 3 is 2.56 bits per heavy atom. The van der Waals surface area contributed by atoms with E-state index in [-0.39, 0.29) is 0 Å². The van der Waals surface area contributed by atoms with E-state index in [0.29, 0.717) is 17.7 Å². The molecule has 2 rings (SSSR count). The van der Waals surface area contributed by atoms with Gasteiger partial charge in [0, 0.05) is 12.5 Å². The molecule has 0 saturated heterocycles. The van der Waals surface area contributed by atoms with Crippen LogP contribution < -0.4 is 5.32 Å². The van der Waals surface area contributed by atoms with Crippen molar-refractivity contribution in [3.63, 3.8) is 0 Å². The number of carbonyl (C=O) groups is 1. The maximum atomic E-state index is 11.6. The van der Waals surface area contributed by atoms with Crippen molar-refractivity contribution in [2.24, 2.45) is 17.8 Å². The second-order valence-electron chi connectivity index (χ2n) is 5.76. The van der Waals surface area contributed by atoms with Crippen LogP contribution in [0, 0.1) is 17.8 Å². The van der Waals surface area contributed by atoms with Gasteiger partial charge in [0.25, 0.3) is 0 Å². The molecular weight excluding hydrogens is 198 g/mol. The lowest BCUT2D eigenvalue weighted by molar-refractivity contribution is -0.122. The van der Waals surface area contributed by atoms with Crippen LogP contribution in [0.5, 0.6) is 0 Å². The van der Waals surface area contributed by atoms with Crippen LogP contribution in [-0.4, -0.2) is 12.5 Å². The van der Waals surface area contributed by atoms with E-state index in [1.165, 1.54) is 44.9 Å². The summed E-state index contributed by atoms with van der Waals surface area (Å²) in [5, 5.41) is 3.08. The molecule has 2 atom stereocenters. The van der Waals surface area contributed by atoms with Crippen molar-refractivity contribution < 1.29 is 4.79 Å². The molecule has 16 heavy (non-hydrogen) atoms. The molecule has 92 valence electrons. The Hall–Kier alpha value is -0.530. The van der Waals surface area contributed by atoms with Crippen molar-refractivity contribution in [3.05, 3.63) is 0 Å². The Labute approximate surface area is 99.2 Å². The predicted molar refractivity (Wildman–Crippen MR) is 66.1 cm³/mol. The molecule has 2 saturated carbocycles. The SMILES string of the molecule is C[C@H]1C[C@H]1C(=O)NCCCC1CCCCC1. The average Bonchev–Trinajstić information content (AvgIpc) is 3.03. The highest BCUT2D eigenvalue weighted by Crippen LogP contribution is 2.37. The van der Waals surface area contributed by atoms with Gasteiger partial charge in [-0.05, 0) is 31.1 Å². The third kappa shape index (κ3) is 3.50. The van der Waals surface area contributed by atoms with Crippen molar-refractivity contribution in [2.45, 2.75) is 58.3 Å². The van der Waals surface area contributed by atoms with Gasteiger partial charge in [0.2, 0.25) is 5.91 Å². The number of nitrogens with one attached hydrogen (secondary N) is 1. The molecule has 1 N–H and O–H groups in total. The maximum Gasteiger partial charge on any atom is 0.223 e. The second-order valence-corrected chi connectivity index (χ2v) is 5.76. The molecule has 2 fully saturated rings. The van der Waals surface area contributed by atoms with Gasteiger partial charge in [-0.15, -0.1) is 0 Å². The van der Waals surface area contributed by atoms with Gasteiger partial charge in [0.15, 0.2) is 0 Å². The lowest BCUT2D eigenvalue weighted by atomic mass is 9.86. The molecule has 0 aliphatic heterocycles. The highest BCUT2D eigenvalue weighted by atomic mass is 16.2. The quantitative estimate of drug-likeness (QED) is 0.713. The summed E-state index contributed by atoms with van der Waals surface area (Å²) < 4.78 is 0. The Balaban J connectivity index is 1.49. The van der Waals surface area contributed by atoms with E-state index in [0.717, 1.165) is 18.9 Å². The zero-order chi connectivity index (χ0) is 11.4. The molecule has 2 nitrogen and oxygen atoms in total. The molecule has 2 aliphatic rings. The normalized spacial score (nSPS) is 30.1. The van der Waals surface area contributed by atoms with Crippen molar-refractivity contribution >= 4 is 5.91 Å². The summed E-state index contributed by atoms with van der Waals surface area (Å²) in [4.78, 5) is 11.6. The van der Waals surface area contributed by atoms with Gasteiger partial charge in [-0.3, -0.25) is 4.79 Å².